The van der Waals surface area contributed by atoms with Crippen LogP contribution in [-0.4, -0.2) is 4.98 Å². The number of hydrogen-bond acceptors (Lipinski definition) is 3. The molecular formula is C18H16ClNO2. The molecule has 112 valence electrons. The van der Waals surface area contributed by atoms with Crippen molar-refractivity contribution in [2.45, 2.75) is 19.4 Å². The second-order valence-electron chi connectivity index (χ2n) is 5.08. The molecule has 4 heteroatoms. The average molecular weight is 314 g/mol. The van der Waals surface area contributed by atoms with Crippen LogP contribution in [0, 0.1) is 6.92 Å². The van der Waals surface area contributed by atoms with E-state index in [-0.39, 0.29) is 0 Å². The van der Waals surface area contributed by atoms with E-state index in [1.807, 2.05) is 55.5 Å². The highest BCUT2D eigenvalue weighted by molar-refractivity contribution is 6.17. The summed E-state index contributed by atoms with van der Waals surface area (Å²) >= 11 is 5.76. The number of halogens is 1. The van der Waals surface area contributed by atoms with Gasteiger partial charge in [0, 0.05) is 11.4 Å². The van der Waals surface area contributed by atoms with E-state index < -0.39 is 0 Å². The molecule has 0 amide bonds. The minimum atomic E-state index is 0.371. The first-order valence-electron chi connectivity index (χ1n) is 7.04. The first-order chi connectivity index (χ1) is 10.7. The van der Waals surface area contributed by atoms with Crippen molar-refractivity contribution in [2.75, 3.05) is 0 Å². The monoisotopic (exact) mass is 313 g/mol. The minimum absolute atomic E-state index is 0.371. The van der Waals surface area contributed by atoms with E-state index in [9.17, 15) is 0 Å². The lowest BCUT2D eigenvalue weighted by Crippen LogP contribution is -1.95. The van der Waals surface area contributed by atoms with Gasteiger partial charge in [-0.1, -0.05) is 29.8 Å². The normalized spacial score (nSPS) is 10.6. The van der Waals surface area contributed by atoms with Crippen LogP contribution in [0.3, 0.4) is 0 Å². The summed E-state index contributed by atoms with van der Waals surface area (Å²) in [4.78, 5) is 4.45. The predicted molar refractivity (Wildman–Crippen MR) is 87.0 cm³/mol. The molecule has 0 radical (unpaired) electrons. The van der Waals surface area contributed by atoms with E-state index in [2.05, 4.69) is 4.98 Å². The molecule has 0 fully saturated rings. The van der Waals surface area contributed by atoms with Gasteiger partial charge in [-0.05, 0) is 36.8 Å². The molecule has 0 saturated carbocycles. The Labute approximate surface area is 134 Å². The van der Waals surface area contributed by atoms with E-state index >= 15 is 0 Å². The van der Waals surface area contributed by atoms with Crippen molar-refractivity contribution in [3.8, 4) is 17.2 Å². The third-order valence-electron chi connectivity index (χ3n) is 3.31. The average Bonchev–Trinajstić information content (AvgIpc) is 3.03. The van der Waals surface area contributed by atoms with Gasteiger partial charge in [0.1, 0.15) is 24.3 Å². The zero-order valence-electron chi connectivity index (χ0n) is 12.3. The molecule has 0 saturated heterocycles. The van der Waals surface area contributed by atoms with Gasteiger partial charge in [-0.2, -0.15) is 0 Å². The van der Waals surface area contributed by atoms with Crippen LogP contribution in [0.1, 0.15) is 16.8 Å². The van der Waals surface area contributed by atoms with Gasteiger partial charge in [0.2, 0.25) is 5.89 Å². The minimum Gasteiger partial charge on any atom is -0.487 e. The summed E-state index contributed by atoms with van der Waals surface area (Å²) in [5.41, 5.74) is 4.00. The Morgan fingerprint density at radius 1 is 1.05 bits per heavy atom. The molecular weight excluding hydrogens is 298 g/mol. The van der Waals surface area contributed by atoms with E-state index in [1.54, 1.807) is 6.26 Å². The molecule has 3 aromatic rings. The fraction of sp³-hybridized carbons (Fsp3) is 0.167. The van der Waals surface area contributed by atoms with Crippen LogP contribution in [0.5, 0.6) is 5.75 Å². The number of rotatable bonds is 5. The molecule has 0 aliphatic heterocycles. The molecule has 2 aromatic carbocycles. The molecule has 1 heterocycles. The molecule has 0 atom stereocenters. The van der Waals surface area contributed by atoms with Crippen molar-refractivity contribution in [3.05, 3.63) is 71.6 Å². The number of benzene rings is 2. The fourth-order valence-corrected chi connectivity index (χ4v) is 2.21. The predicted octanol–water partition coefficient (Wildman–Crippen LogP) is 4.97. The van der Waals surface area contributed by atoms with Crippen LogP contribution in [0.2, 0.25) is 0 Å². The van der Waals surface area contributed by atoms with Crippen LogP contribution < -0.4 is 4.74 Å². The largest absolute Gasteiger partial charge is 0.487 e. The molecule has 3 rings (SSSR count). The second kappa shape index (κ2) is 6.67. The van der Waals surface area contributed by atoms with Crippen molar-refractivity contribution in [3.63, 3.8) is 0 Å². The molecule has 0 unspecified atom stereocenters. The molecule has 0 bridgehead atoms. The van der Waals surface area contributed by atoms with Gasteiger partial charge in [0.15, 0.2) is 0 Å². The molecule has 0 N–H and O–H groups in total. The molecule has 1 aromatic heterocycles. The van der Waals surface area contributed by atoms with Gasteiger partial charge in [-0.3, -0.25) is 0 Å². The number of aromatic nitrogens is 1. The maximum Gasteiger partial charge on any atom is 0.226 e. The Hall–Kier alpha value is -2.26. The van der Waals surface area contributed by atoms with E-state index in [1.165, 1.54) is 5.56 Å². The van der Waals surface area contributed by atoms with E-state index in [0.717, 1.165) is 22.6 Å². The SMILES string of the molecule is Cc1ccc(-c2nc(COc3ccc(CCl)cc3)co2)cc1. The van der Waals surface area contributed by atoms with E-state index in [4.69, 9.17) is 20.8 Å². The van der Waals surface area contributed by atoms with Crippen LogP contribution >= 0.6 is 11.6 Å². The van der Waals surface area contributed by atoms with Crippen LogP contribution in [0.15, 0.2) is 59.2 Å². The van der Waals surface area contributed by atoms with Crippen molar-refractivity contribution in [1.82, 2.24) is 4.98 Å². The number of alkyl halides is 1. The second-order valence-corrected chi connectivity index (χ2v) is 5.34. The zero-order chi connectivity index (χ0) is 15.4. The third-order valence-corrected chi connectivity index (χ3v) is 3.62. The topological polar surface area (TPSA) is 35.3 Å². The van der Waals surface area contributed by atoms with Gasteiger partial charge in [0.25, 0.3) is 0 Å². The quantitative estimate of drug-likeness (QED) is 0.624. The summed E-state index contributed by atoms with van der Waals surface area (Å²) in [7, 11) is 0. The Kier molecular flexibility index (Phi) is 4.45. The van der Waals surface area contributed by atoms with Crippen LogP contribution in [0.4, 0.5) is 0 Å². The molecule has 22 heavy (non-hydrogen) atoms. The Morgan fingerprint density at radius 3 is 2.45 bits per heavy atom. The Balaban J connectivity index is 1.65. The zero-order valence-corrected chi connectivity index (χ0v) is 13.0. The number of nitrogens with zero attached hydrogens (tertiary/aromatic N) is 1. The molecule has 0 aliphatic carbocycles. The van der Waals surface area contributed by atoms with Crippen molar-refractivity contribution >= 4 is 11.6 Å². The molecule has 0 aliphatic rings. The number of aryl methyl sites for hydroxylation is 1. The van der Waals surface area contributed by atoms with Crippen molar-refractivity contribution < 1.29 is 9.15 Å². The maximum atomic E-state index is 5.76. The number of oxazole rings is 1. The summed E-state index contributed by atoms with van der Waals surface area (Å²) in [5, 5.41) is 0. The summed E-state index contributed by atoms with van der Waals surface area (Å²) in [6, 6.07) is 15.8. The maximum absolute atomic E-state index is 5.76. The Bertz CT molecular complexity index is 733. The van der Waals surface area contributed by atoms with Gasteiger partial charge in [0.05, 0.1) is 0 Å². The summed E-state index contributed by atoms with van der Waals surface area (Å²) < 4.78 is 11.2. The first kappa shape index (κ1) is 14.7. The number of hydrogen-bond donors (Lipinski definition) is 0. The van der Waals surface area contributed by atoms with Gasteiger partial charge in [-0.15, -0.1) is 11.6 Å². The van der Waals surface area contributed by atoms with Gasteiger partial charge >= 0.3 is 0 Å². The summed E-state index contributed by atoms with van der Waals surface area (Å²) in [6.45, 7) is 2.42. The highest BCUT2D eigenvalue weighted by Gasteiger charge is 2.07. The first-order valence-corrected chi connectivity index (χ1v) is 7.57. The lowest BCUT2D eigenvalue weighted by atomic mass is 10.1. The number of ether oxygens (including phenoxy) is 1. The smallest absolute Gasteiger partial charge is 0.226 e. The van der Waals surface area contributed by atoms with Gasteiger partial charge in [-0.25, -0.2) is 4.98 Å². The third kappa shape index (κ3) is 3.49. The molecule has 3 nitrogen and oxygen atoms in total. The van der Waals surface area contributed by atoms with Crippen LogP contribution in [-0.2, 0) is 12.5 Å². The highest BCUT2D eigenvalue weighted by atomic mass is 35.5. The lowest BCUT2D eigenvalue weighted by Gasteiger charge is -2.04. The van der Waals surface area contributed by atoms with Gasteiger partial charge < -0.3 is 9.15 Å². The summed E-state index contributed by atoms with van der Waals surface area (Å²) in [6.07, 6.45) is 1.63. The standard InChI is InChI=1S/C18H16ClNO2/c1-13-2-6-15(7-3-13)18-20-16(12-22-18)11-21-17-8-4-14(10-19)5-9-17/h2-9,12H,10-11H2,1H3. The Morgan fingerprint density at radius 2 is 1.77 bits per heavy atom. The van der Waals surface area contributed by atoms with Crippen LogP contribution in [0.25, 0.3) is 11.5 Å². The fourth-order valence-electron chi connectivity index (χ4n) is 2.03. The van der Waals surface area contributed by atoms with E-state index in [0.29, 0.717) is 18.4 Å². The lowest BCUT2D eigenvalue weighted by molar-refractivity contribution is 0.301. The van der Waals surface area contributed by atoms with Crippen molar-refractivity contribution in [1.29, 1.82) is 0 Å². The molecule has 0 spiro atoms. The summed E-state index contributed by atoms with van der Waals surface area (Å²) in [5.74, 6) is 1.90. The van der Waals surface area contributed by atoms with Crippen molar-refractivity contribution in [2.24, 2.45) is 0 Å². The highest BCUT2D eigenvalue weighted by Crippen LogP contribution is 2.20.